The minimum atomic E-state index is -0.587. The van der Waals surface area contributed by atoms with E-state index in [1.807, 2.05) is 37.3 Å². The summed E-state index contributed by atoms with van der Waals surface area (Å²) >= 11 is 0. The van der Waals surface area contributed by atoms with Crippen LogP contribution in [0.2, 0.25) is 0 Å². The molecule has 1 fully saturated rings. The van der Waals surface area contributed by atoms with E-state index in [1.54, 1.807) is 0 Å². The van der Waals surface area contributed by atoms with Crippen LogP contribution in [-0.2, 0) is 0 Å². The Balaban J connectivity index is 1.88. The van der Waals surface area contributed by atoms with Crippen molar-refractivity contribution in [2.45, 2.75) is 44.6 Å². The molecule has 0 radical (unpaired) electrons. The summed E-state index contributed by atoms with van der Waals surface area (Å²) in [7, 11) is 0. The second-order valence-corrected chi connectivity index (χ2v) is 5.41. The molecule has 1 unspecified atom stereocenters. The molecule has 1 aliphatic rings. The average molecular weight is 233 g/mol. The van der Waals surface area contributed by atoms with Gasteiger partial charge in [-0.2, -0.15) is 0 Å². The Hall–Kier alpha value is -1.02. The predicted molar refractivity (Wildman–Crippen MR) is 72.1 cm³/mol. The summed E-state index contributed by atoms with van der Waals surface area (Å²) in [4.78, 5) is 0. The summed E-state index contributed by atoms with van der Waals surface area (Å²) in [6.07, 6.45) is 6.21. The molecule has 1 aromatic carbocycles. The Kier molecular flexibility index (Phi) is 4.06. The molecule has 0 aliphatic heterocycles. The fourth-order valence-corrected chi connectivity index (χ4v) is 2.71. The Morgan fingerprint density at radius 2 is 1.82 bits per heavy atom. The van der Waals surface area contributed by atoms with E-state index in [1.165, 1.54) is 32.1 Å². The van der Waals surface area contributed by atoms with Gasteiger partial charge in [-0.3, -0.25) is 0 Å². The Morgan fingerprint density at radius 3 is 2.47 bits per heavy atom. The van der Waals surface area contributed by atoms with Crippen LogP contribution in [0.4, 0.5) is 5.69 Å². The highest BCUT2D eigenvalue weighted by atomic mass is 16.3. The van der Waals surface area contributed by atoms with Crippen LogP contribution in [0.5, 0.6) is 0 Å². The maximum atomic E-state index is 10.5. The Bertz CT molecular complexity index is 328. The molecule has 1 saturated carbocycles. The molecule has 94 valence electrons. The summed E-state index contributed by atoms with van der Waals surface area (Å²) in [6.45, 7) is 2.61. The summed E-state index contributed by atoms with van der Waals surface area (Å²) < 4.78 is 0. The van der Waals surface area contributed by atoms with Crippen molar-refractivity contribution in [3.63, 3.8) is 0 Å². The van der Waals surface area contributed by atoms with Crippen molar-refractivity contribution in [2.24, 2.45) is 5.92 Å². The predicted octanol–water partition coefficient (Wildman–Crippen LogP) is 3.43. The van der Waals surface area contributed by atoms with Gasteiger partial charge in [0.25, 0.3) is 0 Å². The third-order valence-corrected chi connectivity index (χ3v) is 3.91. The molecule has 1 aromatic rings. The number of nitrogens with one attached hydrogen (secondary N) is 1. The van der Waals surface area contributed by atoms with E-state index in [0.29, 0.717) is 12.5 Å². The molecule has 1 aliphatic carbocycles. The topological polar surface area (TPSA) is 32.3 Å². The number of hydrogen-bond donors (Lipinski definition) is 2. The van der Waals surface area contributed by atoms with Crippen LogP contribution in [0.1, 0.15) is 39.0 Å². The van der Waals surface area contributed by atoms with Gasteiger partial charge in [-0.1, -0.05) is 37.5 Å². The van der Waals surface area contributed by atoms with Crippen LogP contribution in [-0.4, -0.2) is 17.3 Å². The standard InChI is InChI=1S/C15H23NO/c1-15(17,13-8-4-2-5-9-13)12-16-14-10-6-3-7-11-14/h3,6-7,10-11,13,16-17H,2,4-5,8-9,12H2,1H3. The van der Waals surface area contributed by atoms with Crippen LogP contribution in [0, 0.1) is 5.92 Å². The van der Waals surface area contributed by atoms with Crippen molar-refractivity contribution >= 4 is 5.69 Å². The highest BCUT2D eigenvalue weighted by Gasteiger charge is 2.32. The number of anilines is 1. The van der Waals surface area contributed by atoms with Crippen LogP contribution in [0.3, 0.4) is 0 Å². The molecule has 0 bridgehead atoms. The number of para-hydroxylation sites is 1. The van der Waals surface area contributed by atoms with Gasteiger partial charge in [0, 0.05) is 12.2 Å². The van der Waals surface area contributed by atoms with Crippen LogP contribution >= 0.6 is 0 Å². The van der Waals surface area contributed by atoms with E-state index < -0.39 is 5.60 Å². The van der Waals surface area contributed by atoms with Crippen LogP contribution < -0.4 is 5.32 Å². The molecule has 2 rings (SSSR count). The molecule has 0 heterocycles. The van der Waals surface area contributed by atoms with Gasteiger partial charge in [-0.25, -0.2) is 0 Å². The lowest BCUT2D eigenvalue weighted by molar-refractivity contribution is -0.00444. The lowest BCUT2D eigenvalue weighted by atomic mass is 9.78. The van der Waals surface area contributed by atoms with Gasteiger partial charge in [0.1, 0.15) is 0 Å². The molecule has 2 nitrogen and oxygen atoms in total. The maximum absolute atomic E-state index is 10.5. The van der Waals surface area contributed by atoms with Gasteiger partial charge in [0.2, 0.25) is 0 Å². The van der Waals surface area contributed by atoms with Crippen LogP contribution in [0.25, 0.3) is 0 Å². The van der Waals surface area contributed by atoms with E-state index in [9.17, 15) is 5.11 Å². The smallest absolute Gasteiger partial charge is 0.0819 e. The highest BCUT2D eigenvalue weighted by Crippen LogP contribution is 2.32. The van der Waals surface area contributed by atoms with Gasteiger partial charge < -0.3 is 10.4 Å². The monoisotopic (exact) mass is 233 g/mol. The van der Waals surface area contributed by atoms with E-state index in [-0.39, 0.29) is 0 Å². The number of benzene rings is 1. The van der Waals surface area contributed by atoms with E-state index >= 15 is 0 Å². The largest absolute Gasteiger partial charge is 0.388 e. The molecule has 1 atom stereocenters. The van der Waals surface area contributed by atoms with Crippen LogP contribution in [0.15, 0.2) is 30.3 Å². The first-order valence-electron chi connectivity index (χ1n) is 6.70. The van der Waals surface area contributed by atoms with Crippen molar-refractivity contribution in [3.8, 4) is 0 Å². The molecule has 0 aromatic heterocycles. The second-order valence-electron chi connectivity index (χ2n) is 5.41. The minimum Gasteiger partial charge on any atom is -0.388 e. The lowest BCUT2D eigenvalue weighted by Crippen LogP contribution is -2.42. The second kappa shape index (κ2) is 5.54. The van der Waals surface area contributed by atoms with Crippen molar-refractivity contribution < 1.29 is 5.11 Å². The molecule has 2 heteroatoms. The number of hydrogen-bond acceptors (Lipinski definition) is 2. The quantitative estimate of drug-likeness (QED) is 0.835. The lowest BCUT2D eigenvalue weighted by Gasteiger charge is -2.36. The summed E-state index contributed by atoms with van der Waals surface area (Å²) in [6, 6.07) is 10.1. The number of aliphatic hydroxyl groups is 1. The molecule has 0 spiro atoms. The average Bonchev–Trinajstić information content (AvgIpc) is 2.39. The summed E-state index contributed by atoms with van der Waals surface area (Å²) in [5, 5.41) is 13.9. The van der Waals surface area contributed by atoms with Crippen molar-refractivity contribution in [1.82, 2.24) is 0 Å². The van der Waals surface area contributed by atoms with E-state index in [4.69, 9.17) is 0 Å². The first-order chi connectivity index (χ1) is 8.18. The van der Waals surface area contributed by atoms with Gasteiger partial charge in [0.05, 0.1) is 5.60 Å². The summed E-state index contributed by atoms with van der Waals surface area (Å²) in [5.41, 5.74) is 0.500. The number of rotatable bonds is 4. The SMILES string of the molecule is CC(O)(CNc1ccccc1)C1CCCCC1. The van der Waals surface area contributed by atoms with Crippen molar-refractivity contribution in [1.29, 1.82) is 0 Å². The summed E-state index contributed by atoms with van der Waals surface area (Å²) in [5.74, 6) is 0.451. The third-order valence-electron chi connectivity index (χ3n) is 3.91. The first-order valence-corrected chi connectivity index (χ1v) is 6.70. The zero-order chi connectivity index (χ0) is 12.1. The molecular formula is C15H23NO. The fraction of sp³-hybridized carbons (Fsp3) is 0.600. The molecular weight excluding hydrogens is 210 g/mol. The van der Waals surface area contributed by atoms with Gasteiger partial charge in [0.15, 0.2) is 0 Å². The van der Waals surface area contributed by atoms with Gasteiger partial charge in [-0.05, 0) is 37.8 Å². The first kappa shape index (κ1) is 12.4. The minimum absolute atomic E-state index is 0.451. The highest BCUT2D eigenvalue weighted by molar-refractivity contribution is 5.42. The van der Waals surface area contributed by atoms with E-state index in [2.05, 4.69) is 5.32 Å². The zero-order valence-corrected chi connectivity index (χ0v) is 10.7. The third kappa shape index (κ3) is 3.47. The van der Waals surface area contributed by atoms with Gasteiger partial charge in [-0.15, -0.1) is 0 Å². The van der Waals surface area contributed by atoms with Crippen molar-refractivity contribution in [2.75, 3.05) is 11.9 Å². The Labute approximate surface area is 104 Å². The van der Waals surface area contributed by atoms with E-state index in [0.717, 1.165) is 5.69 Å². The molecule has 2 N–H and O–H groups in total. The molecule has 0 amide bonds. The molecule has 17 heavy (non-hydrogen) atoms. The normalized spacial score (nSPS) is 20.8. The molecule has 0 saturated heterocycles. The fourth-order valence-electron chi connectivity index (χ4n) is 2.71. The van der Waals surface area contributed by atoms with Crippen molar-refractivity contribution in [3.05, 3.63) is 30.3 Å². The van der Waals surface area contributed by atoms with Gasteiger partial charge >= 0.3 is 0 Å². The maximum Gasteiger partial charge on any atom is 0.0819 e. The Morgan fingerprint density at radius 1 is 1.18 bits per heavy atom. The zero-order valence-electron chi connectivity index (χ0n) is 10.7.